The number of Topliss-reactive ketones (excluding diaryl/α,β-unsaturated/α-hetero) is 1. The molecule has 2 aromatic carbocycles. The zero-order chi connectivity index (χ0) is 34.2. The van der Waals surface area contributed by atoms with Crippen molar-refractivity contribution in [3.05, 3.63) is 47.5 Å². The Labute approximate surface area is 272 Å². The van der Waals surface area contributed by atoms with Crippen LogP contribution in [0.1, 0.15) is 55.6 Å². The largest absolute Gasteiger partial charge is 0.493 e. The van der Waals surface area contributed by atoms with Gasteiger partial charge in [0, 0.05) is 32.8 Å². The molecule has 2 heterocycles. The predicted molar refractivity (Wildman–Crippen MR) is 162 cm³/mol. The van der Waals surface area contributed by atoms with Crippen molar-refractivity contribution in [2.45, 2.75) is 76.5 Å². The first kappa shape index (κ1) is 35.5. The molecule has 7 atom stereocenters. The van der Waals surface area contributed by atoms with Gasteiger partial charge in [-0.05, 0) is 42.3 Å². The van der Waals surface area contributed by atoms with E-state index < -0.39 is 60.8 Å². The number of carbonyl (C=O) groups excluding carboxylic acids is 4. The molecule has 2 aliphatic heterocycles. The van der Waals surface area contributed by atoms with Crippen LogP contribution < -0.4 is 18.9 Å². The molecule has 2 aliphatic rings. The van der Waals surface area contributed by atoms with Gasteiger partial charge in [0.15, 0.2) is 47.3 Å². The molecule has 256 valence electrons. The van der Waals surface area contributed by atoms with Crippen molar-refractivity contribution >= 4 is 23.7 Å². The van der Waals surface area contributed by atoms with Gasteiger partial charge in [0.1, 0.15) is 24.9 Å². The molecule has 4 unspecified atom stereocenters. The molecule has 0 radical (unpaired) electrons. The van der Waals surface area contributed by atoms with Crippen molar-refractivity contribution in [2.24, 2.45) is 0 Å². The molecular weight excluding hydrogens is 620 g/mol. The molecule has 2 fully saturated rings. The molecule has 0 spiro atoms. The van der Waals surface area contributed by atoms with E-state index in [1.807, 2.05) is 0 Å². The fraction of sp³-hybridized carbons (Fsp3) is 0.515. The third-order valence-corrected chi connectivity index (χ3v) is 7.69. The standard InChI is InChI=1S/C33H40O14/c1-17(34)42-16-28-30(43-18(2)35)31(44-19(3)36)32-33(46-28)45-25(29(47-32)21-9-12-24(39-5)27(15-21)41-7)13-10-22(37)20-8-11-23(38-4)26(14-20)40-6/h8-9,11-12,14-15,25,28-33H,10,13,16H2,1-7H3/t25-,28?,29?,30-,31?,32-,33?/m1/s1. The first-order valence-electron chi connectivity index (χ1n) is 14.9. The lowest BCUT2D eigenvalue weighted by atomic mass is 9.92. The summed E-state index contributed by atoms with van der Waals surface area (Å²) in [5.74, 6) is -0.334. The zero-order valence-electron chi connectivity index (χ0n) is 27.3. The van der Waals surface area contributed by atoms with Gasteiger partial charge >= 0.3 is 17.9 Å². The highest BCUT2D eigenvalue weighted by Crippen LogP contribution is 2.43. The monoisotopic (exact) mass is 660 g/mol. The topological polar surface area (TPSA) is 161 Å². The van der Waals surface area contributed by atoms with Crippen molar-refractivity contribution in [2.75, 3.05) is 35.0 Å². The number of methoxy groups -OCH3 is 4. The first-order chi connectivity index (χ1) is 22.5. The third-order valence-electron chi connectivity index (χ3n) is 7.69. The highest BCUT2D eigenvalue weighted by atomic mass is 16.8. The van der Waals surface area contributed by atoms with Crippen LogP contribution in [0.4, 0.5) is 0 Å². The molecule has 0 aromatic heterocycles. The second-order valence-corrected chi connectivity index (χ2v) is 10.8. The van der Waals surface area contributed by atoms with E-state index in [9.17, 15) is 19.2 Å². The van der Waals surface area contributed by atoms with Crippen LogP contribution in [0.5, 0.6) is 23.0 Å². The number of ether oxygens (including phenoxy) is 10. The molecule has 14 nitrogen and oxygen atoms in total. The van der Waals surface area contributed by atoms with Crippen molar-refractivity contribution in [3.8, 4) is 23.0 Å². The normalized spacial score (nSPS) is 25.0. The Morgan fingerprint density at radius 3 is 1.83 bits per heavy atom. The number of ketones is 1. The van der Waals surface area contributed by atoms with Crippen molar-refractivity contribution in [3.63, 3.8) is 0 Å². The maximum atomic E-state index is 13.4. The van der Waals surface area contributed by atoms with E-state index in [4.69, 9.17) is 47.4 Å². The molecule has 0 bridgehead atoms. The minimum Gasteiger partial charge on any atom is -0.493 e. The molecule has 2 aromatic rings. The van der Waals surface area contributed by atoms with Crippen LogP contribution in [0.15, 0.2) is 36.4 Å². The summed E-state index contributed by atoms with van der Waals surface area (Å²) in [6.45, 7) is 3.29. The van der Waals surface area contributed by atoms with Gasteiger partial charge in [0.2, 0.25) is 0 Å². The van der Waals surface area contributed by atoms with Crippen molar-refractivity contribution < 1.29 is 66.5 Å². The minimum absolute atomic E-state index is 0.0466. The Kier molecular flexibility index (Phi) is 12.0. The number of esters is 3. The molecular formula is C33H40O14. The number of hydrogen-bond donors (Lipinski definition) is 0. The lowest BCUT2D eigenvalue weighted by Crippen LogP contribution is -2.65. The minimum atomic E-state index is -1.20. The van der Waals surface area contributed by atoms with Crippen LogP contribution in [0.2, 0.25) is 0 Å². The summed E-state index contributed by atoms with van der Waals surface area (Å²) in [4.78, 5) is 49.4. The molecule has 0 aliphatic carbocycles. The van der Waals surface area contributed by atoms with Crippen LogP contribution in [0, 0.1) is 0 Å². The average molecular weight is 661 g/mol. The van der Waals surface area contributed by atoms with Gasteiger partial charge in [-0.3, -0.25) is 19.2 Å². The molecule has 47 heavy (non-hydrogen) atoms. The Balaban J connectivity index is 1.69. The van der Waals surface area contributed by atoms with E-state index in [0.29, 0.717) is 34.1 Å². The highest BCUT2D eigenvalue weighted by molar-refractivity contribution is 5.96. The molecule has 0 saturated carbocycles. The predicted octanol–water partition coefficient (Wildman–Crippen LogP) is 3.36. The van der Waals surface area contributed by atoms with Crippen molar-refractivity contribution in [1.29, 1.82) is 0 Å². The van der Waals surface area contributed by atoms with Crippen LogP contribution in [0.25, 0.3) is 0 Å². The Morgan fingerprint density at radius 1 is 0.660 bits per heavy atom. The van der Waals surface area contributed by atoms with E-state index >= 15 is 0 Å². The zero-order valence-corrected chi connectivity index (χ0v) is 27.3. The van der Waals surface area contributed by atoms with Gasteiger partial charge in [0.05, 0.1) is 34.5 Å². The second-order valence-electron chi connectivity index (χ2n) is 10.8. The van der Waals surface area contributed by atoms with Gasteiger partial charge in [-0.15, -0.1) is 0 Å². The van der Waals surface area contributed by atoms with E-state index in [1.54, 1.807) is 36.4 Å². The Hall–Kier alpha value is -4.40. The summed E-state index contributed by atoms with van der Waals surface area (Å²) in [5, 5.41) is 0. The number of rotatable bonds is 13. The number of hydrogen-bond acceptors (Lipinski definition) is 14. The molecule has 4 rings (SSSR count). The van der Waals surface area contributed by atoms with Crippen LogP contribution in [-0.4, -0.2) is 95.5 Å². The fourth-order valence-corrected chi connectivity index (χ4v) is 5.60. The van der Waals surface area contributed by atoms with Gasteiger partial charge in [-0.25, -0.2) is 0 Å². The summed E-state index contributed by atoms with van der Waals surface area (Å²) in [5.41, 5.74) is 1.02. The number of benzene rings is 2. The lowest BCUT2D eigenvalue weighted by Gasteiger charge is -2.50. The third kappa shape index (κ3) is 8.50. The summed E-state index contributed by atoms with van der Waals surface area (Å²) in [6.07, 6.45) is -7.09. The Morgan fingerprint density at radius 2 is 1.23 bits per heavy atom. The smallest absolute Gasteiger partial charge is 0.303 e. The van der Waals surface area contributed by atoms with Gasteiger partial charge in [-0.2, -0.15) is 0 Å². The second kappa shape index (κ2) is 15.9. The maximum Gasteiger partial charge on any atom is 0.303 e. The van der Waals surface area contributed by atoms with E-state index in [1.165, 1.54) is 49.2 Å². The highest BCUT2D eigenvalue weighted by Gasteiger charge is 2.55. The summed E-state index contributed by atoms with van der Waals surface area (Å²) in [7, 11) is 5.99. The van der Waals surface area contributed by atoms with Crippen LogP contribution in [-0.2, 0) is 42.8 Å². The molecule has 0 N–H and O–H groups in total. The van der Waals surface area contributed by atoms with E-state index in [2.05, 4.69) is 0 Å². The number of carbonyl (C=O) groups is 4. The van der Waals surface area contributed by atoms with E-state index in [0.717, 1.165) is 0 Å². The Bertz CT molecular complexity index is 1440. The summed E-state index contributed by atoms with van der Waals surface area (Å²) < 4.78 is 57.1. The SMILES string of the molecule is COc1ccc(C(=O)CC[C@H]2OC3OC(COC(C)=O)[C@@H](OC(C)=O)C(OC(C)=O)[C@H]3OC2c2ccc(OC)c(OC)c2)cc1OC. The summed E-state index contributed by atoms with van der Waals surface area (Å²) in [6, 6.07) is 10.1. The van der Waals surface area contributed by atoms with Crippen molar-refractivity contribution in [1.82, 2.24) is 0 Å². The van der Waals surface area contributed by atoms with Gasteiger partial charge < -0.3 is 47.4 Å². The fourth-order valence-electron chi connectivity index (χ4n) is 5.60. The number of fused-ring (bicyclic) bond motifs is 1. The molecule has 0 amide bonds. The quantitative estimate of drug-likeness (QED) is 0.175. The van der Waals surface area contributed by atoms with Gasteiger partial charge in [-0.1, -0.05) is 6.07 Å². The molecule has 14 heteroatoms. The summed E-state index contributed by atoms with van der Waals surface area (Å²) >= 11 is 0. The maximum absolute atomic E-state index is 13.4. The van der Waals surface area contributed by atoms with Gasteiger partial charge in [0.25, 0.3) is 0 Å². The van der Waals surface area contributed by atoms with E-state index in [-0.39, 0.29) is 25.2 Å². The van der Waals surface area contributed by atoms with Crippen LogP contribution in [0.3, 0.4) is 0 Å². The molecule has 2 saturated heterocycles. The van der Waals surface area contributed by atoms with Crippen LogP contribution >= 0.6 is 0 Å². The first-order valence-corrected chi connectivity index (χ1v) is 14.9. The average Bonchev–Trinajstić information content (AvgIpc) is 3.05. The lowest BCUT2D eigenvalue weighted by molar-refractivity contribution is -0.369.